The molecular weight excluding hydrogens is 206 g/mol. The van der Waals surface area contributed by atoms with Crippen molar-refractivity contribution in [2.24, 2.45) is 5.92 Å². The summed E-state index contributed by atoms with van der Waals surface area (Å²) in [6.45, 7) is 1.62. The molecule has 5 nitrogen and oxygen atoms in total. The zero-order valence-corrected chi connectivity index (χ0v) is 9.17. The van der Waals surface area contributed by atoms with Gasteiger partial charge in [-0.05, 0) is 31.7 Å². The fourth-order valence-electron chi connectivity index (χ4n) is 1.82. The summed E-state index contributed by atoms with van der Waals surface area (Å²) >= 11 is 0. The first-order valence-corrected chi connectivity index (χ1v) is 5.69. The fraction of sp³-hybridized carbons (Fsp3) is 0.636. The molecule has 1 aliphatic rings. The van der Waals surface area contributed by atoms with Crippen LogP contribution in [-0.2, 0) is 11.3 Å². The third kappa shape index (κ3) is 3.06. The van der Waals surface area contributed by atoms with E-state index in [0.717, 1.165) is 32.4 Å². The highest BCUT2D eigenvalue weighted by atomic mass is 16.4. The average molecular weight is 223 g/mol. The molecule has 2 N–H and O–H groups in total. The van der Waals surface area contributed by atoms with E-state index in [0.29, 0.717) is 5.92 Å². The van der Waals surface area contributed by atoms with E-state index in [1.54, 1.807) is 12.5 Å². The molecule has 0 amide bonds. The van der Waals surface area contributed by atoms with Gasteiger partial charge in [0, 0.05) is 18.9 Å². The summed E-state index contributed by atoms with van der Waals surface area (Å²) in [5, 5.41) is 12.1. The molecule has 1 atom stereocenters. The SMILES string of the molecule is O=C(O)C(NCCCn1ccnc1)C1CC1. The number of hydrogen-bond acceptors (Lipinski definition) is 3. The first-order valence-electron chi connectivity index (χ1n) is 5.69. The lowest BCUT2D eigenvalue weighted by atomic mass is 10.2. The second kappa shape index (κ2) is 5.12. The van der Waals surface area contributed by atoms with Crippen LogP contribution < -0.4 is 5.32 Å². The van der Waals surface area contributed by atoms with Crippen molar-refractivity contribution in [2.45, 2.75) is 31.8 Å². The van der Waals surface area contributed by atoms with Crippen LogP contribution in [0.2, 0.25) is 0 Å². The maximum absolute atomic E-state index is 10.9. The summed E-state index contributed by atoms with van der Waals surface area (Å²) in [5.74, 6) is -0.365. The third-order valence-electron chi connectivity index (χ3n) is 2.88. The quantitative estimate of drug-likeness (QED) is 0.669. The molecule has 2 rings (SSSR count). The van der Waals surface area contributed by atoms with E-state index in [4.69, 9.17) is 5.11 Å². The smallest absolute Gasteiger partial charge is 0.320 e. The lowest BCUT2D eigenvalue weighted by Crippen LogP contribution is -2.39. The van der Waals surface area contributed by atoms with Crippen molar-refractivity contribution < 1.29 is 9.90 Å². The summed E-state index contributed by atoms with van der Waals surface area (Å²) < 4.78 is 1.99. The number of nitrogens with zero attached hydrogens (tertiary/aromatic N) is 2. The molecule has 0 saturated heterocycles. The molecule has 0 aromatic carbocycles. The number of aromatic nitrogens is 2. The Hall–Kier alpha value is -1.36. The van der Waals surface area contributed by atoms with Crippen molar-refractivity contribution in [1.29, 1.82) is 0 Å². The van der Waals surface area contributed by atoms with Crippen LogP contribution >= 0.6 is 0 Å². The Morgan fingerprint density at radius 3 is 3.00 bits per heavy atom. The maximum atomic E-state index is 10.9. The first kappa shape index (κ1) is 11.1. The highest BCUT2D eigenvalue weighted by Crippen LogP contribution is 2.32. The van der Waals surface area contributed by atoms with Crippen LogP contribution in [0.1, 0.15) is 19.3 Å². The van der Waals surface area contributed by atoms with Crippen molar-refractivity contribution in [1.82, 2.24) is 14.9 Å². The standard InChI is InChI=1S/C11H17N3O2/c15-11(16)10(9-2-3-9)13-4-1-6-14-7-5-12-8-14/h5,7-10,13H,1-4,6H2,(H,15,16). The van der Waals surface area contributed by atoms with Crippen molar-refractivity contribution in [2.75, 3.05) is 6.54 Å². The largest absolute Gasteiger partial charge is 0.480 e. The molecule has 0 spiro atoms. The van der Waals surface area contributed by atoms with E-state index in [-0.39, 0.29) is 6.04 Å². The summed E-state index contributed by atoms with van der Waals surface area (Å²) in [5.41, 5.74) is 0. The van der Waals surface area contributed by atoms with Gasteiger partial charge in [0.2, 0.25) is 0 Å². The lowest BCUT2D eigenvalue weighted by Gasteiger charge is -2.13. The minimum atomic E-state index is -0.717. The first-order chi connectivity index (χ1) is 7.77. The van der Waals surface area contributed by atoms with Crippen LogP contribution in [-0.4, -0.2) is 33.2 Å². The van der Waals surface area contributed by atoms with Gasteiger partial charge in [-0.1, -0.05) is 0 Å². The minimum Gasteiger partial charge on any atom is -0.480 e. The fourth-order valence-corrected chi connectivity index (χ4v) is 1.82. The summed E-state index contributed by atoms with van der Waals surface area (Å²) in [6.07, 6.45) is 8.45. The predicted octanol–water partition coefficient (Wildman–Crippen LogP) is 0.726. The number of carboxylic acid groups (broad SMARTS) is 1. The van der Waals surface area contributed by atoms with Gasteiger partial charge in [-0.2, -0.15) is 0 Å². The molecule has 1 fully saturated rings. The summed E-state index contributed by atoms with van der Waals surface area (Å²) in [4.78, 5) is 14.9. The van der Waals surface area contributed by atoms with Gasteiger partial charge in [0.1, 0.15) is 6.04 Å². The van der Waals surface area contributed by atoms with Gasteiger partial charge < -0.3 is 15.0 Å². The monoisotopic (exact) mass is 223 g/mol. The highest BCUT2D eigenvalue weighted by Gasteiger charge is 2.35. The second-order valence-electron chi connectivity index (χ2n) is 4.26. The average Bonchev–Trinajstić information content (AvgIpc) is 2.94. The Morgan fingerprint density at radius 1 is 1.62 bits per heavy atom. The van der Waals surface area contributed by atoms with Crippen LogP contribution in [0.3, 0.4) is 0 Å². The van der Waals surface area contributed by atoms with Gasteiger partial charge in [-0.15, -0.1) is 0 Å². The van der Waals surface area contributed by atoms with Gasteiger partial charge in [0.05, 0.1) is 6.33 Å². The molecule has 1 aromatic rings. The van der Waals surface area contributed by atoms with E-state index in [9.17, 15) is 4.79 Å². The molecule has 0 bridgehead atoms. The molecule has 1 aliphatic carbocycles. The van der Waals surface area contributed by atoms with Crippen LogP contribution in [0.15, 0.2) is 18.7 Å². The van der Waals surface area contributed by atoms with Crippen LogP contribution in [0.5, 0.6) is 0 Å². The molecular formula is C11H17N3O2. The third-order valence-corrected chi connectivity index (χ3v) is 2.88. The van der Waals surface area contributed by atoms with E-state index < -0.39 is 5.97 Å². The Labute approximate surface area is 94.5 Å². The van der Waals surface area contributed by atoms with E-state index >= 15 is 0 Å². The summed E-state index contributed by atoms with van der Waals surface area (Å²) in [7, 11) is 0. The van der Waals surface area contributed by atoms with Crippen molar-refractivity contribution >= 4 is 5.97 Å². The van der Waals surface area contributed by atoms with Gasteiger partial charge in [0.15, 0.2) is 0 Å². The molecule has 0 radical (unpaired) electrons. The maximum Gasteiger partial charge on any atom is 0.320 e. The number of aliphatic carboxylic acids is 1. The zero-order chi connectivity index (χ0) is 11.4. The van der Waals surface area contributed by atoms with Crippen LogP contribution in [0, 0.1) is 5.92 Å². The van der Waals surface area contributed by atoms with E-state index in [1.807, 2.05) is 10.8 Å². The molecule has 88 valence electrons. The minimum absolute atomic E-state index is 0.345. The number of rotatable bonds is 7. The van der Waals surface area contributed by atoms with Gasteiger partial charge in [0.25, 0.3) is 0 Å². The van der Waals surface area contributed by atoms with Crippen LogP contribution in [0.25, 0.3) is 0 Å². The lowest BCUT2D eigenvalue weighted by molar-refractivity contribution is -0.140. The van der Waals surface area contributed by atoms with Gasteiger partial charge >= 0.3 is 5.97 Å². The molecule has 16 heavy (non-hydrogen) atoms. The van der Waals surface area contributed by atoms with E-state index in [1.165, 1.54) is 0 Å². The molecule has 1 aromatic heterocycles. The van der Waals surface area contributed by atoms with Gasteiger partial charge in [-0.3, -0.25) is 4.79 Å². The Kier molecular flexibility index (Phi) is 3.56. The number of nitrogens with one attached hydrogen (secondary N) is 1. The van der Waals surface area contributed by atoms with Gasteiger partial charge in [-0.25, -0.2) is 4.98 Å². The number of aryl methyl sites for hydroxylation is 1. The molecule has 0 aliphatic heterocycles. The highest BCUT2D eigenvalue weighted by molar-refractivity contribution is 5.74. The van der Waals surface area contributed by atoms with Crippen LogP contribution in [0.4, 0.5) is 0 Å². The number of carboxylic acids is 1. The Morgan fingerprint density at radius 2 is 2.44 bits per heavy atom. The molecule has 1 saturated carbocycles. The Bertz CT molecular complexity index is 333. The number of imidazole rings is 1. The molecule has 1 unspecified atom stereocenters. The molecule has 5 heteroatoms. The van der Waals surface area contributed by atoms with E-state index in [2.05, 4.69) is 10.3 Å². The number of hydrogen-bond donors (Lipinski definition) is 2. The number of carbonyl (C=O) groups is 1. The summed E-state index contributed by atoms with van der Waals surface area (Å²) in [6, 6.07) is -0.345. The topological polar surface area (TPSA) is 67.2 Å². The normalized spacial score (nSPS) is 17.2. The predicted molar refractivity (Wildman–Crippen MR) is 59.0 cm³/mol. The zero-order valence-electron chi connectivity index (χ0n) is 9.17. The van der Waals surface area contributed by atoms with Crippen molar-refractivity contribution in [3.8, 4) is 0 Å². The van der Waals surface area contributed by atoms with Crippen molar-refractivity contribution in [3.63, 3.8) is 0 Å². The second-order valence-corrected chi connectivity index (χ2v) is 4.26. The Balaban J connectivity index is 1.64. The molecule has 1 heterocycles. The van der Waals surface area contributed by atoms with Crippen molar-refractivity contribution in [3.05, 3.63) is 18.7 Å².